The van der Waals surface area contributed by atoms with Crippen molar-refractivity contribution in [1.82, 2.24) is 0 Å². The van der Waals surface area contributed by atoms with Crippen LogP contribution in [0.3, 0.4) is 0 Å². The van der Waals surface area contributed by atoms with Crippen LogP contribution in [-0.2, 0) is 10.0 Å². The van der Waals surface area contributed by atoms with Gasteiger partial charge < -0.3 is 5.32 Å². The molecule has 0 saturated heterocycles. The van der Waals surface area contributed by atoms with E-state index in [4.69, 9.17) is 0 Å². The molecule has 0 aliphatic rings. The fourth-order valence-corrected chi connectivity index (χ4v) is 3.02. The molecule has 1 amide bonds. The van der Waals surface area contributed by atoms with Gasteiger partial charge in [-0.3, -0.25) is 9.52 Å². The SMILES string of the molecule is Cc1cccc(C(C)C)c1NC(=O)c1cccc(NS(C)(=O)=O)c1. The van der Waals surface area contributed by atoms with Crippen LogP contribution in [0.15, 0.2) is 42.5 Å². The Morgan fingerprint density at radius 1 is 1.08 bits per heavy atom. The molecule has 0 atom stereocenters. The summed E-state index contributed by atoms with van der Waals surface area (Å²) in [6, 6.07) is 12.3. The predicted octanol–water partition coefficient (Wildman–Crippen LogP) is 3.74. The molecule has 0 fully saturated rings. The van der Waals surface area contributed by atoms with Gasteiger partial charge in [-0.15, -0.1) is 0 Å². The molecule has 0 aromatic heterocycles. The maximum atomic E-state index is 12.6. The first-order valence-electron chi connectivity index (χ1n) is 7.66. The predicted molar refractivity (Wildman–Crippen MR) is 98.1 cm³/mol. The van der Waals surface area contributed by atoms with E-state index in [-0.39, 0.29) is 11.8 Å². The molecule has 0 spiro atoms. The zero-order chi connectivity index (χ0) is 17.9. The molecule has 0 bridgehead atoms. The number of amides is 1. The number of hydrogen-bond donors (Lipinski definition) is 2. The van der Waals surface area contributed by atoms with Crippen LogP contribution in [0.4, 0.5) is 11.4 Å². The van der Waals surface area contributed by atoms with E-state index < -0.39 is 10.0 Å². The van der Waals surface area contributed by atoms with Crippen molar-refractivity contribution in [3.05, 3.63) is 59.2 Å². The normalized spacial score (nSPS) is 11.4. The lowest BCUT2D eigenvalue weighted by atomic mass is 9.98. The van der Waals surface area contributed by atoms with Crippen molar-refractivity contribution < 1.29 is 13.2 Å². The third kappa shape index (κ3) is 4.58. The second-order valence-electron chi connectivity index (χ2n) is 6.10. The van der Waals surface area contributed by atoms with Gasteiger partial charge in [-0.1, -0.05) is 38.1 Å². The van der Waals surface area contributed by atoms with Crippen LogP contribution in [-0.4, -0.2) is 20.6 Å². The Labute approximate surface area is 143 Å². The van der Waals surface area contributed by atoms with Crippen molar-refractivity contribution >= 4 is 27.3 Å². The highest BCUT2D eigenvalue weighted by atomic mass is 32.2. The van der Waals surface area contributed by atoms with Crippen molar-refractivity contribution in [1.29, 1.82) is 0 Å². The maximum Gasteiger partial charge on any atom is 0.255 e. The lowest BCUT2D eigenvalue weighted by Crippen LogP contribution is -2.16. The molecule has 0 saturated carbocycles. The van der Waals surface area contributed by atoms with Crippen molar-refractivity contribution in [3.63, 3.8) is 0 Å². The van der Waals surface area contributed by atoms with E-state index in [9.17, 15) is 13.2 Å². The molecule has 2 N–H and O–H groups in total. The average molecular weight is 346 g/mol. The molecule has 0 aliphatic heterocycles. The molecule has 0 aliphatic carbocycles. The molecule has 2 aromatic rings. The molecule has 24 heavy (non-hydrogen) atoms. The number of carbonyl (C=O) groups excluding carboxylic acids is 1. The van der Waals surface area contributed by atoms with Crippen molar-refractivity contribution in [2.45, 2.75) is 26.7 Å². The fourth-order valence-electron chi connectivity index (χ4n) is 2.47. The van der Waals surface area contributed by atoms with Crippen LogP contribution >= 0.6 is 0 Å². The summed E-state index contributed by atoms with van der Waals surface area (Å²) in [6.07, 6.45) is 1.07. The Kier molecular flexibility index (Phi) is 5.29. The van der Waals surface area contributed by atoms with E-state index in [1.165, 1.54) is 6.07 Å². The Bertz CT molecular complexity index is 858. The molecule has 0 heterocycles. The number of sulfonamides is 1. The smallest absolute Gasteiger partial charge is 0.255 e. The van der Waals surface area contributed by atoms with Crippen LogP contribution in [0.2, 0.25) is 0 Å². The minimum absolute atomic E-state index is 0.275. The summed E-state index contributed by atoms with van der Waals surface area (Å²) in [6.45, 7) is 6.09. The summed E-state index contributed by atoms with van der Waals surface area (Å²) in [4.78, 5) is 12.6. The number of benzene rings is 2. The zero-order valence-electron chi connectivity index (χ0n) is 14.3. The van der Waals surface area contributed by atoms with Gasteiger partial charge in [-0.05, 0) is 42.2 Å². The van der Waals surface area contributed by atoms with Gasteiger partial charge in [0.25, 0.3) is 5.91 Å². The van der Waals surface area contributed by atoms with E-state index in [2.05, 4.69) is 23.9 Å². The standard InChI is InChI=1S/C18H22N2O3S/c1-12(2)16-10-5-7-13(3)17(16)19-18(21)14-8-6-9-15(11-14)20-24(4,22)23/h5-12,20H,1-4H3,(H,19,21). The highest BCUT2D eigenvalue weighted by Gasteiger charge is 2.14. The van der Waals surface area contributed by atoms with Crippen LogP contribution in [0, 0.1) is 6.92 Å². The van der Waals surface area contributed by atoms with Crippen molar-refractivity contribution in [3.8, 4) is 0 Å². The number of hydrogen-bond acceptors (Lipinski definition) is 3. The van der Waals surface area contributed by atoms with Gasteiger partial charge in [-0.25, -0.2) is 8.42 Å². The summed E-state index contributed by atoms with van der Waals surface area (Å²) >= 11 is 0. The number of carbonyl (C=O) groups is 1. The molecule has 5 nitrogen and oxygen atoms in total. The van der Waals surface area contributed by atoms with Crippen molar-refractivity contribution in [2.24, 2.45) is 0 Å². The van der Waals surface area contributed by atoms with E-state index in [0.717, 1.165) is 23.1 Å². The third-order valence-electron chi connectivity index (χ3n) is 3.59. The molecule has 2 aromatic carbocycles. The van der Waals surface area contributed by atoms with Gasteiger partial charge in [0.2, 0.25) is 10.0 Å². The number of para-hydroxylation sites is 1. The van der Waals surface area contributed by atoms with E-state index >= 15 is 0 Å². The number of rotatable bonds is 5. The topological polar surface area (TPSA) is 75.3 Å². The fraction of sp³-hybridized carbons (Fsp3) is 0.278. The highest BCUT2D eigenvalue weighted by molar-refractivity contribution is 7.92. The maximum absolute atomic E-state index is 12.6. The van der Waals surface area contributed by atoms with Crippen LogP contribution in [0.5, 0.6) is 0 Å². The first-order valence-corrected chi connectivity index (χ1v) is 9.55. The molecule has 2 rings (SSSR count). The van der Waals surface area contributed by atoms with Gasteiger partial charge in [0.1, 0.15) is 0 Å². The van der Waals surface area contributed by atoms with Gasteiger partial charge in [-0.2, -0.15) is 0 Å². The minimum atomic E-state index is -3.38. The molecule has 0 unspecified atom stereocenters. The second-order valence-corrected chi connectivity index (χ2v) is 7.85. The number of aryl methyl sites for hydroxylation is 1. The zero-order valence-corrected chi connectivity index (χ0v) is 15.1. The lowest BCUT2D eigenvalue weighted by molar-refractivity contribution is 0.102. The summed E-state index contributed by atoms with van der Waals surface area (Å²) in [7, 11) is -3.38. The number of anilines is 2. The average Bonchev–Trinajstić information content (AvgIpc) is 2.47. The Morgan fingerprint density at radius 2 is 1.75 bits per heavy atom. The quantitative estimate of drug-likeness (QED) is 0.866. The van der Waals surface area contributed by atoms with Crippen LogP contribution in [0.25, 0.3) is 0 Å². The molecular weight excluding hydrogens is 324 g/mol. The Balaban J connectivity index is 2.30. The van der Waals surface area contributed by atoms with E-state index in [1.54, 1.807) is 18.2 Å². The van der Waals surface area contributed by atoms with Crippen LogP contribution in [0.1, 0.15) is 41.3 Å². The second kappa shape index (κ2) is 7.05. The summed E-state index contributed by atoms with van der Waals surface area (Å²) < 4.78 is 25.0. The first kappa shape index (κ1) is 18.0. The van der Waals surface area contributed by atoms with Gasteiger partial charge >= 0.3 is 0 Å². The summed E-state index contributed by atoms with van der Waals surface area (Å²) in [5.74, 6) is 0.00165. The molecule has 6 heteroatoms. The van der Waals surface area contributed by atoms with Gasteiger partial charge in [0, 0.05) is 16.9 Å². The van der Waals surface area contributed by atoms with Gasteiger partial charge in [0.05, 0.1) is 6.26 Å². The number of nitrogens with one attached hydrogen (secondary N) is 2. The Hall–Kier alpha value is -2.34. The largest absolute Gasteiger partial charge is 0.321 e. The molecule has 128 valence electrons. The lowest BCUT2D eigenvalue weighted by Gasteiger charge is -2.16. The van der Waals surface area contributed by atoms with E-state index in [1.807, 2.05) is 25.1 Å². The summed E-state index contributed by atoms with van der Waals surface area (Å²) in [5.41, 5.74) is 3.60. The monoisotopic (exact) mass is 346 g/mol. The minimum Gasteiger partial charge on any atom is -0.321 e. The van der Waals surface area contributed by atoms with Crippen LogP contribution < -0.4 is 10.0 Å². The van der Waals surface area contributed by atoms with E-state index in [0.29, 0.717) is 11.3 Å². The first-order chi connectivity index (χ1) is 11.2. The van der Waals surface area contributed by atoms with Crippen molar-refractivity contribution in [2.75, 3.05) is 16.3 Å². The summed E-state index contributed by atoms with van der Waals surface area (Å²) in [5, 5.41) is 2.95. The molecular formula is C18H22N2O3S. The third-order valence-corrected chi connectivity index (χ3v) is 4.20. The van der Waals surface area contributed by atoms with Gasteiger partial charge in [0.15, 0.2) is 0 Å². The molecule has 0 radical (unpaired) electrons. The highest BCUT2D eigenvalue weighted by Crippen LogP contribution is 2.28. The Morgan fingerprint density at radius 3 is 2.38 bits per heavy atom.